The lowest BCUT2D eigenvalue weighted by Crippen LogP contribution is -2.58. The molecule has 23 heavy (non-hydrogen) atoms. The zero-order valence-electron chi connectivity index (χ0n) is 13.6. The first-order valence-corrected chi connectivity index (χ1v) is 8.40. The summed E-state index contributed by atoms with van der Waals surface area (Å²) >= 11 is 0. The molecule has 0 bridgehead atoms. The van der Waals surface area contributed by atoms with Crippen LogP contribution in [-0.2, 0) is 9.53 Å². The van der Waals surface area contributed by atoms with Crippen molar-refractivity contribution in [1.29, 1.82) is 0 Å². The third-order valence-corrected chi connectivity index (χ3v) is 5.10. The lowest BCUT2D eigenvalue weighted by atomic mass is 9.89. The van der Waals surface area contributed by atoms with Crippen molar-refractivity contribution in [3.63, 3.8) is 0 Å². The fourth-order valence-corrected chi connectivity index (χ4v) is 3.62. The highest BCUT2D eigenvalue weighted by atomic mass is 35.5. The number of amides is 1. The zero-order valence-corrected chi connectivity index (χ0v) is 14.4. The number of carbonyl (C=O) groups excluding carboxylic acids is 1. The number of nitrogens with two attached hydrogens (primary N) is 1. The fraction of sp³-hybridized carbons (Fsp3) is 0.611. The van der Waals surface area contributed by atoms with Crippen molar-refractivity contribution < 1.29 is 9.53 Å². The number of hydrogen-bond acceptors (Lipinski definition) is 3. The van der Waals surface area contributed by atoms with E-state index in [9.17, 15) is 4.79 Å². The number of carbonyl (C=O) groups is 1. The number of benzene rings is 1. The van der Waals surface area contributed by atoms with Crippen LogP contribution in [0, 0.1) is 0 Å². The summed E-state index contributed by atoms with van der Waals surface area (Å²) in [5, 5.41) is 0. The average Bonchev–Trinajstić information content (AvgIpc) is 2.82. The Hall–Kier alpha value is -1.10. The summed E-state index contributed by atoms with van der Waals surface area (Å²) in [6.45, 7) is 2.85. The molecule has 2 saturated heterocycles. The number of nitrogens with zero attached hydrogens (tertiary/aromatic N) is 1. The van der Waals surface area contributed by atoms with E-state index in [2.05, 4.69) is 30.3 Å². The van der Waals surface area contributed by atoms with Crippen molar-refractivity contribution in [2.75, 3.05) is 26.3 Å². The molecule has 0 aromatic heterocycles. The Morgan fingerprint density at radius 3 is 2.52 bits per heavy atom. The fourth-order valence-electron chi connectivity index (χ4n) is 3.62. The van der Waals surface area contributed by atoms with Crippen molar-refractivity contribution in [2.45, 2.75) is 43.6 Å². The number of hydrogen-bond donors (Lipinski definition) is 1. The van der Waals surface area contributed by atoms with Crippen LogP contribution in [0.4, 0.5) is 0 Å². The Balaban J connectivity index is 0.00000192. The molecular formula is C18H27ClN2O2. The van der Waals surface area contributed by atoms with Crippen LogP contribution in [-0.4, -0.2) is 42.6 Å². The largest absolute Gasteiger partial charge is 0.381 e. The van der Waals surface area contributed by atoms with Crippen LogP contribution in [0.3, 0.4) is 0 Å². The van der Waals surface area contributed by atoms with Gasteiger partial charge in [0, 0.05) is 26.3 Å². The van der Waals surface area contributed by atoms with E-state index in [1.54, 1.807) is 0 Å². The van der Waals surface area contributed by atoms with E-state index in [4.69, 9.17) is 10.5 Å². The van der Waals surface area contributed by atoms with Gasteiger partial charge in [-0.15, -0.1) is 12.4 Å². The normalized spacial score (nSPS) is 24.4. The minimum absolute atomic E-state index is 0. The Morgan fingerprint density at radius 1 is 1.13 bits per heavy atom. The Labute approximate surface area is 144 Å². The van der Waals surface area contributed by atoms with Gasteiger partial charge in [0.15, 0.2) is 0 Å². The minimum atomic E-state index is -0.704. The second-order valence-corrected chi connectivity index (χ2v) is 6.60. The zero-order chi connectivity index (χ0) is 15.4. The van der Waals surface area contributed by atoms with Gasteiger partial charge in [0.05, 0.1) is 5.54 Å². The van der Waals surface area contributed by atoms with Crippen LogP contribution in [0.5, 0.6) is 0 Å². The maximum Gasteiger partial charge on any atom is 0.242 e. The molecule has 2 heterocycles. The standard InChI is InChI=1S/C18H26N2O2.ClH/c19-18(9-13-22-14-10-18)17(21)20-11-4-7-16(8-12-20)15-5-2-1-3-6-15;/h1-3,5-6,16H,4,7-14,19H2;1H. The maximum absolute atomic E-state index is 12.8. The molecule has 3 rings (SSSR count). The van der Waals surface area contributed by atoms with Gasteiger partial charge in [-0.25, -0.2) is 0 Å². The molecule has 0 radical (unpaired) electrons. The van der Waals surface area contributed by atoms with Crippen LogP contribution in [0.15, 0.2) is 30.3 Å². The van der Waals surface area contributed by atoms with Gasteiger partial charge in [0.1, 0.15) is 0 Å². The summed E-state index contributed by atoms with van der Waals surface area (Å²) in [6.07, 6.45) is 4.52. The van der Waals surface area contributed by atoms with Crippen LogP contribution in [0.2, 0.25) is 0 Å². The highest BCUT2D eigenvalue weighted by Gasteiger charge is 2.39. The van der Waals surface area contributed by atoms with Gasteiger partial charge in [-0.05, 0) is 43.6 Å². The van der Waals surface area contributed by atoms with E-state index >= 15 is 0 Å². The van der Waals surface area contributed by atoms with Crippen LogP contribution in [0.1, 0.15) is 43.6 Å². The summed E-state index contributed by atoms with van der Waals surface area (Å²) < 4.78 is 5.35. The number of halogens is 1. The monoisotopic (exact) mass is 338 g/mol. The second kappa shape index (κ2) is 8.13. The van der Waals surface area contributed by atoms with Crippen molar-refractivity contribution >= 4 is 18.3 Å². The molecule has 2 aliphatic heterocycles. The summed E-state index contributed by atoms with van der Waals surface area (Å²) in [4.78, 5) is 14.8. The van der Waals surface area contributed by atoms with Gasteiger partial charge in [-0.3, -0.25) is 4.79 Å². The van der Waals surface area contributed by atoms with Crippen LogP contribution < -0.4 is 5.73 Å². The molecular weight excluding hydrogens is 312 g/mol. The highest BCUT2D eigenvalue weighted by molar-refractivity contribution is 5.86. The van der Waals surface area contributed by atoms with Gasteiger partial charge in [0.25, 0.3) is 0 Å². The second-order valence-electron chi connectivity index (χ2n) is 6.60. The molecule has 4 nitrogen and oxygen atoms in total. The van der Waals surface area contributed by atoms with E-state index in [1.807, 2.05) is 4.90 Å². The minimum Gasteiger partial charge on any atom is -0.381 e. The molecule has 1 unspecified atom stereocenters. The summed E-state index contributed by atoms with van der Waals surface area (Å²) in [5.74, 6) is 0.687. The first-order chi connectivity index (χ1) is 10.7. The SMILES string of the molecule is Cl.NC1(C(=O)N2CCCC(c3ccccc3)CC2)CCOCC1. The summed E-state index contributed by atoms with van der Waals surface area (Å²) in [7, 11) is 0. The van der Waals surface area contributed by atoms with E-state index in [0.29, 0.717) is 32.0 Å². The van der Waals surface area contributed by atoms with Crippen LogP contribution >= 0.6 is 12.4 Å². The number of likely N-dealkylation sites (tertiary alicyclic amines) is 1. The first kappa shape index (κ1) is 18.2. The number of rotatable bonds is 2. The molecule has 0 aliphatic carbocycles. The smallest absolute Gasteiger partial charge is 0.242 e. The molecule has 1 amide bonds. The molecule has 1 aromatic carbocycles. The van der Waals surface area contributed by atoms with Gasteiger partial charge in [-0.1, -0.05) is 30.3 Å². The highest BCUT2D eigenvalue weighted by Crippen LogP contribution is 2.29. The van der Waals surface area contributed by atoms with E-state index in [-0.39, 0.29) is 18.3 Å². The van der Waals surface area contributed by atoms with Crippen molar-refractivity contribution in [1.82, 2.24) is 4.90 Å². The van der Waals surface area contributed by atoms with Gasteiger partial charge < -0.3 is 15.4 Å². The Bertz CT molecular complexity index is 503. The molecule has 2 aliphatic rings. The van der Waals surface area contributed by atoms with Gasteiger partial charge in [-0.2, -0.15) is 0 Å². The Morgan fingerprint density at radius 2 is 1.83 bits per heavy atom. The van der Waals surface area contributed by atoms with E-state index in [1.165, 1.54) is 5.56 Å². The lowest BCUT2D eigenvalue weighted by Gasteiger charge is -2.36. The van der Waals surface area contributed by atoms with Crippen molar-refractivity contribution in [3.8, 4) is 0 Å². The maximum atomic E-state index is 12.8. The van der Waals surface area contributed by atoms with E-state index < -0.39 is 5.54 Å². The third-order valence-electron chi connectivity index (χ3n) is 5.10. The van der Waals surface area contributed by atoms with Crippen molar-refractivity contribution in [2.24, 2.45) is 5.73 Å². The predicted octanol–water partition coefficient (Wildman–Crippen LogP) is 2.71. The average molecular weight is 339 g/mol. The predicted molar refractivity (Wildman–Crippen MR) is 93.8 cm³/mol. The van der Waals surface area contributed by atoms with Crippen LogP contribution in [0.25, 0.3) is 0 Å². The van der Waals surface area contributed by atoms with Crippen molar-refractivity contribution in [3.05, 3.63) is 35.9 Å². The third kappa shape index (κ3) is 4.25. The molecule has 128 valence electrons. The number of ether oxygens (including phenoxy) is 1. The molecule has 2 N–H and O–H groups in total. The molecule has 0 saturated carbocycles. The Kier molecular flexibility index (Phi) is 6.45. The lowest BCUT2D eigenvalue weighted by molar-refractivity contribution is -0.140. The molecule has 1 atom stereocenters. The molecule has 1 aromatic rings. The summed E-state index contributed by atoms with van der Waals surface area (Å²) in [6, 6.07) is 10.6. The quantitative estimate of drug-likeness (QED) is 0.902. The molecule has 2 fully saturated rings. The van der Waals surface area contributed by atoms with Gasteiger partial charge >= 0.3 is 0 Å². The molecule has 0 spiro atoms. The topological polar surface area (TPSA) is 55.6 Å². The first-order valence-electron chi connectivity index (χ1n) is 8.40. The van der Waals surface area contributed by atoms with Gasteiger partial charge in [0.2, 0.25) is 5.91 Å². The van der Waals surface area contributed by atoms with E-state index in [0.717, 1.165) is 32.4 Å². The molecule has 5 heteroatoms. The summed E-state index contributed by atoms with van der Waals surface area (Å²) in [5.41, 5.74) is 7.05.